The van der Waals surface area contributed by atoms with Crippen LogP contribution in [0.25, 0.3) is 11.4 Å². The third-order valence-corrected chi connectivity index (χ3v) is 4.88. The monoisotopic (exact) mass is 389 g/mol. The van der Waals surface area contributed by atoms with Crippen LogP contribution >= 0.6 is 0 Å². The average molecular weight is 389 g/mol. The van der Waals surface area contributed by atoms with E-state index in [1.165, 1.54) is 0 Å². The predicted octanol–water partition coefficient (Wildman–Crippen LogP) is 2.90. The maximum Gasteiger partial charge on any atom is 0.253 e. The Morgan fingerprint density at radius 2 is 1.72 bits per heavy atom. The van der Waals surface area contributed by atoms with Crippen molar-refractivity contribution in [3.05, 3.63) is 66.4 Å². The molecule has 1 fully saturated rings. The lowest BCUT2D eigenvalue weighted by Gasteiger charge is -2.35. The second-order valence-corrected chi connectivity index (χ2v) is 6.73. The number of nitrogens with zero attached hydrogens (tertiary/aromatic N) is 5. The third-order valence-electron chi connectivity index (χ3n) is 4.88. The van der Waals surface area contributed by atoms with Crippen LogP contribution in [0.3, 0.4) is 0 Å². The Balaban J connectivity index is 1.36. The first-order chi connectivity index (χ1) is 14.2. The molecule has 4 rings (SSSR count). The van der Waals surface area contributed by atoms with Gasteiger partial charge >= 0.3 is 0 Å². The highest BCUT2D eigenvalue weighted by Gasteiger charge is 2.23. The number of benzene rings is 1. The van der Waals surface area contributed by atoms with Crippen LogP contribution in [0.4, 0.5) is 5.82 Å². The van der Waals surface area contributed by atoms with Gasteiger partial charge in [-0.25, -0.2) is 0 Å². The molecule has 3 heterocycles. The Hall–Kier alpha value is -3.48. The Morgan fingerprint density at radius 3 is 2.34 bits per heavy atom. The molecule has 0 N–H and O–H groups in total. The zero-order valence-corrected chi connectivity index (χ0v) is 16.4. The quantitative estimate of drug-likeness (QED) is 0.668. The van der Waals surface area contributed by atoms with Crippen molar-refractivity contribution in [2.24, 2.45) is 0 Å². The van der Waals surface area contributed by atoms with Crippen LogP contribution in [0, 0.1) is 0 Å². The van der Waals surface area contributed by atoms with Gasteiger partial charge in [0.15, 0.2) is 5.82 Å². The molecule has 0 radical (unpaired) electrons. The van der Waals surface area contributed by atoms with Crippen molar-refractivity contribution in [1.82, 2.24) is 20.1 Å². The van der Waals surface area contributed by atoms with E-state index in [1.54, 1.807) is 6.20 Å². The molecule has 2 aromatic heterocycles. The molecular weight excluding hydrogens is 366 g/mol. The molecule has 1 aliphatic rings. The number of rotatable bonds is 5. The first-order valence-corrected chi connectivity index (χ1v) is 9.77. The minimum atomic E-state index is 0.0456. The highest BCUT2D eigenvalue weighted by atomic mass is 16.5. The summed E-state index contributed by atoms with van der Waals surface area (Å²) in [6, 6.07) is 16.9. The van der Waals surface area contributed by atoms with E-state index < -0.39 is 0 Å². The molecule has 7 heteroatoms. The van der Waals surface area contributed by atoms with Crippen LogP contribution in [-0.2, 0) is 0 Å². The molecule has 1 saturated heterocycles. The molecule has 0 atom stereocenters. The average Bonchev–Trinajstić information content (AvgIpc) is 2.80. The number of aromatic nitrogens is 3. The van der Waals surface area contributed by atoms with Crippen molar-refractivity contribution in [3.63, 3.8) is 0 Å². The van der Waals surface area contributed by atoms with Gasteiger partial charge < -0.3 is 14.5 Å². The molecule has 29 heavy (non-hydrogen) atoms. The van der Waals surface area contributed by atoms with Crippen LogP contribution in [-0.4, -0.2) is 58.8 Å². The molecule has 0 unspecified atom stereocenters. The van der Waals surface area contributed by atoms with E-state index in [2.05, 4.69) is 20.1 Å². The van der Waals surface area contributed by atoms with Crippen LogP contribution in [0.5, 0.6) is 5.75 Å². The number of hydrogen-bond donors (Lipinski definition) is 0. The van der Waals surface area contributed by atoms with Crippen molar-refractivity contribution in [1.29, 1.82) is 0 Å². The van der Waals surface area contributed by atoms with Gasteiger partial charge in [0.1, 0.15) is 11.4 Å². The normalized spacial score (nSPS) is 14.0. The third kappa shape index (κ3) is 4.34. The fraction of sp³-hybridized carbons (Fsp3) is 0.273. The van der Waals surface area contributed by atoms with Gasteiger partial charge in [-0.3, -0.25) is 9.78 Å². The van der Waals surface area contributed by atoms with Crippen molar-refractivity contribution >= 4 is 11.7 Å². The Bertz CT molecular complexity index is 937. The summed E-state index contributed by atoms with van der Waals surface area (Å²) >= 11 is 0. The van der Waals surface area contributed by atoms with Gasteiger partial charge in [-0.1, -0.05) is 6.07 Å². The molecule has 1 amide bonds. The number of ether oxygens (including phenoxy) is 1. The maximum atomic E-state index is 12.7. The van der Waals surface area contributed by atoms with Gasteiger partial charge in [-0.05, 0) is 55.5 Å². The summed E-state index contributed by atoms with van der Waals surface area (Å²) in [6.45, 7) is 5.29. The number of pyridine rings is 1. The summed E-state index contributed by atoms with van der Waals surface area (Å²) in [5, 5.41) is 8.66. The zero-order valence-electron chi connectivity index (χ0n) is 16.4. The highest BCUT2D eigenvalue weighted by Crippen LogP contribution is 2.19. The molecule has 3 aromatic rings. The topological polar surface area (TPSA) is 71.5 Å². The molecular formula is C22H23N5O2. The summed E-state index contributed by atoms with van der Waals surface area (Å²) < 4.78 is 5.44. The Morgan fingerprint density at radius 1 is 0.931 bits per heavy atom. The number of carbonyl (C=O) groups excluding carboxylic acids is 1. The van der Waals surface area contributed by atoms with Crippen molar-refractivity contribution in [2.45, 2.75) is 6.92 Å². The Labute approximate surface area is 170 Å². The standard InChI is InChI=1S/C22H23N5O2/c1-2-29-18-8-6-17(7-9-18)22(28)27-15-13-26(14-16-27)21-11-10-20(24-25-21)19-5-3-4-12-23-19/h3-12H,2,13-16H2,1H3. The van der Waals surface area contributed by atoms with Crippen LogP contribution in [0.2, 0.25) is 0 Å². The van der Waals surface area contributed by atoms with Crippen LogP contribution < -0.4 is 9.64 Å². The minimum Gasteiger partial charge on any atom is -0.494 e. The predicted molar refractivity (Wildman–Crippen MR) is 111 cm³/mol. The second kappa shape index (κ2) is 8.68. The fourth-order valence-corrected chi connectivity index (χ4v) is 3.33. The zero-order chi connectivity index (χ0) is 20.1. The van der Waals surface area contributed by atoms with E-state index in [-0.39, 0.29) is 5.91 Å². The summed E-state index contributed by atoms with van der Waals surface area (Å²) in [5.74, 6) is 1.64. The molecule has 1 aliphatic heterocycles. The molecule has 1 aromatic carbocycles. The maximum absolute atomic E-state index is 12.7. The number of hydrogen-bond acceptors (Lipinski definition) is 6. The first kappa shape index (κ1) is 18.9. The van der Waals surface area contributed by atoms with Gasteiger partial charge in [0.05, 0.1) is 12.3 Å². The van der Waals surface area contributed by atoms with E-state index >= 15 is 0 Å². The lowest BCUT2D eigenvalue weighted by Crippen LogP contribution is -2.49. The molecule has 7 nitrogen and oxygen atoms in total. The SMILES string of the molecule is CCOc1ccc(C(=O)N2CCN(c3ccc(-c4ccccn4)nn3)CC2)cc1. The summed E-state index contributed by atoms with van der Waals surface area (Å²) in [7, 11) is 0. The van der Waals surface area contributed by atoms with E-state index in [0.29, 0.717) is 25.3 Å². The first-order valence-electron chi connectivity index (χ1n) is 9.77. The van der Waals surface area contributed by atoms with Gasteiger partial charge in [-0.15, -0.1) is 10.2 Å². The van der Waals surface area contributed by atoms with E-state index in [1.807, 2.05) is 66.4 Å². The lowest BCUT2D eigenvalue weighted by molar-refractivity contribution is 0.0746. The second-order valence-electron chi connectivity index (χ2n) is 6.73. The summed E-state index contributed by atoms with van der Waals surface area (Å²) in [4.78, 5) is 21.1. The number of anilines is 1. The van der Waals surface area contributed by atoms with E-state index in [4.69, 9.17) is 4.74 Å². The minimum absolute atomic E-state index is 0.0456. The largest absolute Gasteiger partial charge is 0.494 e. The molecule has 148 valence electrons. The van der Waals surface area contributed by atoms with Gasteiger partial charge in [-0.2, -0.15) is 0 Å². The smallest absolute Gasteiger partial charge is 0.253 e. The van der Waals surface area contributed by atoms with Gasteiger partial charge in [0.25, 0.3) is 5.91 Å². The number of amides is 1. The van der Waals surface area contributed by atoms with Crippen molar-refractivity contribution in [3.8, 4) is 17.1 Å². The number of piperazine rings is 1. The van der Waals surface area contributed by atoms with Crippen molar-refractivity contribution in [2.75, 3.05) is 37.7 Å². The number of carbonyl (C=O) groups is 1. The molecule has 0 spiro atoms. The van der Waals surface area contributed by atoms with Crippen molar-refractivity contribution < 1.29 is 9.53 Å². The molecule has 0 aliphatic carbocycles. The van der Waals surface area contributed by atoms with Gasteiger partial charge in [0.2, 0.25) is 0 Å². The molecule has 0 saturated carbocycles. The fourth-order valence-electron chi connectivity index (χ4n) is 3.33. The highest BCUT2D eigenvalue weighted by molar-refractivity contribution is 5.94. The summed E-state index contributed by atoms with van der Waals surface area (Å²) in [5.41, 5.74) is 2.23. The lowest BCUT2D eigenvalue weighted by atomic mass is 10.1. The van der Waals surface area contributed by atoms with Gasteiger partial charge in [0, 0.05) is 37.9 Å². The van der Waals surface area contributed by atoms with Crippen LogP contribution in [0.15, 0.2) is 60.8 Å². The summed E-state index contributed by atoms with van der Waals surface area (Å²) in [6.07, 6.45) is 1.74. The molecule has 0 bridgehead atoms. The van der Waals surface area contributed by atoms with Crippen LogP contribution in [0.1, 0.15) is 17.3 Å². The van der Waals surface area contributed by atoms with E-state index in [0.717, 1.165) is 36.0 Å². The Kier molecular flexibility index (Phi) is 5.65. The van der Waals surface area contributed by atoms with E-state index in [9.17, 15) is 4.79 Å².